The van der Waals surface area contributed by atoms with Crippen molar-refractivity contribution in [2.75, 3.05) is 31.1 Å². The number of para-hydroxylation sites is 1. The van der Waals surface area contributed by atoms with E-state index >= 15 is 0 Å². The minimum Gasteiger partial charge on any atom is -0.469 e. The van der Waals surface area contributed by atoms with Crippen molar-refractivity contribution in [3.05, 3.63) is 54.0 Å². The molecule has 1 aromatic carbocycles. The van der Waals surface area contributed by atoms with Gasteiger partial charge in [0.15, 0.2) is 5.96 Å². The van der Waals surface area contributed by atoms with E-state index in [1.807, 2.05) is 42.2 Å². The molecule has 0 aliphatic carbocycles. The predicted octanol–water partition coefficient (Wildman–Crippen LogP) is 3.36. The zero-order valence-electron chi connectivity index (χ0n) is 16.3. The van der Waals surface area contributed by atoms with E-state index in [0.29, 0.717) is 13.0 Å². The maximum Gasteiger partial charge on any atom is 0.227 e. The van der Waals surface area contributed by atoms with Crippen LogP contribution in [0, 0.1) is 0 Å². The van der Waals surface area contributed by atoms with Crippen molar-refractivity contribution in [1.29, 1.82) is 0 Å². The first-order chi connectivity index (χ1) is 13.3. The van der Waals surface area contributed by atoms with Crippen LogP contribution in [0.1, 0.15) is 31.1 Å². The number of carbonyl (C=O) groups excluding carboxylic acids is 1. The fourth-order valence-corrected chi connectivity index (χ4v) is 3.25. The van der Waals surface area contributed by atoms with Crippen LogP contribution < -0.4 is 15.5 Å². The Morgan fingerprint density at radius 3 is 2.86 bits per heavy atom. The Morgan fingerprint density at radius 2 is 2.07 bits per heavy atom. The first kappa shape index (κ1) is 22.3. The van der Waals surface area contributed by atoms with Gasteiger partial charge in [0, 0.05) is 44.7 Å². The second-order valence-corrected chi connectivity index (χ2v) is 6.54. The number of halogens is 1. The van der Waals surface area contributed by atoms with Gasteiger partial charge in [0.2, 0.25) is 5.91 Å². The summed E-state index contributed by atoms with van der Waals surface area (Å²) in [4.78, 5) is 19.0. The van der Waals surface area contributed by atoms with E-state index < -0.39 is 0 Å². The SMILES string of the molecule is CCNC(=NCCCC(=O)N1CCc2ccccc21)NCCc1ccco1.I. The van der Waals surface area contributed by atoms with Gasteiger partial charge in [-0.05, 0) is 43.5 Å². The molecule has 28 heavy (non-hydrogen) atoms. The monoisotopic (exact) mass is 496 g/mol. The maximum absolute atomic E-state index is 12.5. The summed E-state index contributed by atoms with van der Waals surface area (Å²) in [6.45, 7) is 5.01. The van der Waals surface area contributed by atoms with Crippen molar-refractivity contribution in [3.63, 3.8) is 0 Å². The van der Waals surface area contributed by atoms with Gasteiger partial charge >= 0.3 is 0 Å². The Morgan fingerprint density at radius 1 is 1.21 bits per heavy atom. The summed E-state index contributed by atoms with van der Waals surface area (Å²) in [7, 11) is 0. The summed E-state index contributed by atoms with van der Waals surface area (Å²) < 4.78 is 5.33. The van der Waals surface area contributed by atoms with Gasteiger partial charge in [-0.1, -0.05) is 18.2 Å². The van der Waals surface area contributed by atoms with Crippen molar-refractivity contribution >= 4 is 41.5 Å². The number of anilines is 1. The van der Waals surface area contributed by atoms with E-state index in [1.165, 1.54) is 5.56 Å². The van der Waals surface area contributed by atoms with Crippen LogP contribution in [0.25, 0.3) is 0 Å². The second kappa shape index (κ2) is 11.7. The maximum atomic E-state index is 12.5. The van der Waals surface area contributed by atoms with Crippen LogP contribution in [0.5, 0.6) is 0 Å². The molecular formula is C21H29IN4O2. The number of nitrogens with one attached hydrogen (secondary N) is 2. The van der Waals surface area contributed by atoms with Gasteiger partial charge in [-0.3, -0.25) is 9.79 Å². The van der Waals surface area contributed by atoms with Crippen LogP contribution in [0.15, 0.2) is 52.1 Å². The number of carbonyl (C=O) groups is 1. The Bertz CT molecular complexity index is 762. The van der Waals surface area contributed by atoms with Gasteiger partial charge in [-0.15, -0.1) is 24.0 Å². The summed E-state index contributed by atoms with van der Waals surface area (Å²) in [5.74, 6) is 1.92. The average molecular weight is 496 g/mol. The van der Waals surface area contributed by atoms with Gasteiger partial charge in [0.1, 0.15) is 5.76 Å². The lowest BCUT2D eigenvalue weighted by Gasteiger charge is -2.17. The molecule has 0 radical (unpaired) electrons. The van der Waals surface area contributed by atoms with Crippen molar-refractivity contribution in [3.8, 4) is 0 Å². The molecule has 0 saturated carbocycles. The Hall–Kier alpha value is -2.03. The predicted molar refractivity (Wildman–Crippen MR) is 124 cm³/mol. The van der Waals surface area contributed by atoms with E-state index in [1.54, 1.807) is 6.26 Å². The molecular weight excluding hydrogens is 467 g/mol. The lowest BCUT2D eigenvalue weighted by Crippen LogP contribution is -2.38. The number of fused-ring (bicyclic) bond motifs is 1. The summed E-state index contributed by atoms with van der Waals surface area (Å²) in [5, 5.41) is 6.53. The molecule has 0 fully saturated rings. The molecule has 2 heterocycles. The molecule has 0 unspecified atom stereocenters. The van der Waals surface area contributed by atoms with Crippen LogP contribution in [-0.2, 0) is 17.6 Å². The third-order valence-electron chi connectivity index (χ3n) is 4.60. The van der Waals surface area contributed by atoms with Crippen molar-refractivity contribution < 1.29 is 9.21 Å². The van der Waals surface area contributed by atoms with E-state index in [9.17, 15) is 4.79 Å². The van der Waals surface area contributed by atoms with Crippen LogP contribution in [0.3, 0.4) is 0 Å². The molecule has 1 aliphatic rings. The Kier molecular flexibility index (Phi) is 9.33. The highest BCUT2D eigenvalue weighted by atomic mass is 127. The molecule has 0 atom stereocenters. The molecule has 6 nitrogen and oxygen atoms in total. The van der Waals surface area contributed by atoms with Crippen molar-refractivity contribution in [1.82, 2.24) is 10.6 Å². The quantitative estimate of drug-likeness (QED) is 0.255. The van der Waals surface area contributed by atoms with Crippen LogP contribution in [0.4, 0.5) is 5.69 Å². The smallest absolute Gasteiger partial charge is 0.227 e. The average Bonchev–Trinajstić information content (AvgIpc) is 3.34. The highest BCUT2D eigenvalue weighted by Gasteiger charge is 2.23. The number of aliphatic imine (C=N–C) groups is 1. The summed E-state index contributed by atoms with van der Waals surface area (Å²) in [5.41, 5.74) is 2.33. The van der Waals surface area contributed by atoms with Crippen molar-refractivity contribution in [2.45, 2.75) is 32.6 Å². The number of furan rings is 1. The van der Waals surface area contributed by atoms with Gasteiger partial charge in [-0.25, -0.2) is 0 Å². The number of benzene rings is 1. The number of hydrogen-bond acceptors (Lipinski definition) is 3. The minimum absolute atomic E-state index is 0. The summed E-state index contributed by atoms with van der Waals surface area (Å²) in [6, 6.07) is 12.0. The standard InChI is InChI=1S/C21H28N4O2.HI/c1-2-22-21(24-14-11-18-8-6-16-27-18)23-13-5-10-20(26)25-15-12-17-7-3-4-9-19(17)25;/h3-4,6-9,16H,2,5,10-15H2,1H3,(H2,22,23,24);1H. The van der Waals surface area contributed by atoms with Crippen LogP contribution in [0.2, 0.25) is 0 Å². The number of amides is 1. The molecule has 2 N–H and O–H groups in total. The van der Waals surface area contributed by atoms with Gasteiger partial charge < -0.3 is 20.0 Å². The topological polar surface area (TPSA) is 69.9 Å². The second-order valence-electron chi connectivity index (χ2n) is 6.54. The molecule has 152 valence electrons. The first-order valence-electron chi connectivity index (χ1n) is 9.70. The highest BCUT2D eigenvalue weighted by Crippen LogP contribution is 2.27. The fraction of sp³-hybridized carbons (Fsp3) is 0.429. The van der Waals surface area contributed by atoms with E-state index in [2.05, 4.69) is 21.7 Å². The molecule has 7 heteroatoms. The zero-order valence-corrected chi connectivity index (χ0v) is 18.6. The normalized spacial score (nSPS) is 13.0. The molecule has 1 amide bonds. The number of rotatable bonds is 8. The van der Waals surface area contributed by atoms with E-state index in [0.717, 1.165) is 56.3 Å². The fourth-order valence-electron chi connectivity index (χ4n) is 3.25. The number of guanidine groups is 1. The molecule has 1 aliphatic heterocycles. The van der Waals surface area contributed by atoms with Gasteiger partial charge in [0.25, 0.3) is 0 Å². The number of hydrogen-bond donors (Lipinski definition) is 2. The Labute approximate surface area is 183 Å². The molecule has 2 aromatic rings. The lowest BCUT2D eigenvalue weighted by atomic mass is 10.2. The molecule has 0 spiro atoms. The minimum atomic E-state index is 0. The molecule has 0 saturated heterocycles. The van der Waals surface area contributed by atoms with Gasteiger partial charge in [-0.2, -0.15) is 0 Å². The van der Waals surface area contributed by atoms with E-state index in [-0.39, 0.29) is 29.9 Å². The Balaban J connectivity index is 0.00000280. The zero-order chi connectivity index (χ0) is 18.9. The first-order valence-corrected chi connectivity index (χ1v) is 9.70. The van der Waals surface area contributed by atoms with Crippen LogP contribution >= 0.6 is 24.0 Å². The van der Waals surface area contributed by atoms with Crippen LogP contribution in [-0.4, -0.2) is 38.0 Å². The summed E-state index contributed by atoms with van der Waals surface area (Å²) in [6.07, 6.45) is 4.70. The molecule has 1 aromatic heterocycles. The van der Waals surface area contributed by atoms with E-state index in [4.69, 9.17) is 4.42 Å². The summed E-state index contributed by atoms with van der Waals surface area (Å²) >= 11 is 0. The third kappa shape index (κ3) is 6.25. The number of nitrogens with zero attached hydrogens (tertiary/aromatic N) is 2. The molecule has 3 rings (SSSR count). The third-order valence-corrected chi connectivity index (χ3v) is 4.60. The molecule has 0 bridgehead atoms. The van der Waals surface area contributed by atoms with Crippen molar-refractivity contribution in [2.24, 2.45) is 4.99 Å². The largest absolute Gasteiger partial charge is 0.469 e. The highest BCUT2D eigenvalue weighted by molar-refractivity contribution is 14.0. The lowest BCUT2D eigenvalue weighted by molar-refractivity contribution is -0.118. The van der Waals surface area contributed by atoms with Gasteiger partial charge in [0.05, 0.1) is 6.26 Å².